The van der Waals surface area contributed by atoms with Crippen molar-refractivity contribution in [1.82, 2.24) is 0 Å². The largest absolute Gasteiger partial charge is 0.462 e. The smallest absolute Gasteiger partial charge is 0.338 e. The van der Waals surface area contributed by atoms with Gasteiger partial charge in [-0.2, -0.15) is 0 Å². The number of esters is 1. The molecule has 0 unspecified atom stereocenters. The SMILES string of the molecule is CCOC(=O)c1cc(S)cc(Br)c1C. The highest BCUT2D eigenvalue weighted by molar-refractivity contribution is 9.10. The van der Waals surface area contributed by atoms with Gasteiger partial charge in [-0.05, 0) is 31.5 Å². The summed E-state index contributed by atoms with van der Waals surface area (Å²) in [6.45, 7) is 4.03. The van der Waals surface area contributed by atoms with Gasteiger partial charge in [-0.3, -0.25) is 0 Å². The van der Waals surface area contributed by atoms with Crippen molar-refractivity contribution < 1.29 is 9.53 Å². The first-order valence-electron chi connectivity index (χ1n) is 4.22. The molecule has 0 N–H and O–H groups in total. The third kappa shape index (κ3) is 2.51. The van der Waals surface area contributed by atoms with Gasteiger partial charge in [-0.15, -0.1) is 12.6 Å². The molecule has 2 nitrogen and oxygen atoms in total. The number of carbonyl (C=O) groups is 1. The molecule has 76 valence electrons. The molecule has 0 aliphatic carbocycles. The molecule has 1 aromatic carbocycles. The van der Waals surface area contributed by atoms with Crippen LogP contribution in [0.15, 0.2) is 21.5 Å². The highest BCUT2D eigenvalue weighted by Crippen LogP contribution is 2.24. The average Bonchev–Trinajstić information content (AvgIpc) is 2.11. The minimum Gasteiger partial charge on any atom is -0.462 e. The number of hydrogen-bond acceptors (Lipinski definition) is 3. The molecule has 14 heavy (non-hydrogen) atoms. The summed E-state index contributed by atoms with van der Waals surface area (Å²) in [7, 11) is 0. The molecule has 0 bridgehead atoms. The second-order valence-electron chi connectivity index (χ2n) is 2.82. The molecule has 0 atom stereocenters. The van der Waals surface area contributed by atoms with E-state index in [0.29, 0.717) is 12.2 Å². The average molecular weight is 275 g/mol. The standard InChI is InChI=1S/C10H11BrO2S/c1-3-13-10(12)8-4-7(14)5-9(11)6(8)2/h4-5,14H,3H2,1-2H3. The highest BCUT2D eigenvalue weighted by Gasteiger charge is 2.12. The first kappa shape index (κ1) is 11.6. The van der Waals surface area contributed by atoms with Crippen molar-refractivity contribution >= 4 is 34.5 Å². The van der Waals surface area contributed by atoms with E-state index in [9.17, 15) is 4.79 Å². The minimum absolute atomic E-state index is 0.304. The van der Waals surface area contributed by atoms with Crippen LogP contribution in [0, 0.1) is 6.92 Å². The van der Waals surface area contributed by atoms with Crippen LogP contribution in [-0.2, 0) is 4.74 Å². The van der Waals surface area contributed by atoms with Gasteiger partial charge in [-0.1, -0.05) is 15.9 Å². The highest BCUT2D eigenvalue weighted by atomic mass is 79.9. The predicted octanol–water partition coefficient (Wildman–Crippen LogP) is 3.22. The van der Waals surface area contributed by atoms with E-state index in [1.165, 1.54) is 0 Å². The Morgan fingerprint density at radius 1 is 1.57 bits per heavy atom. The zero-order valence-electron chi connectivity index (χ0n) is 8.00. The maximum Gasteiger partial charge on any atom is 0.338 e. The second kappa shape index (κ2) is 4.84. The van der Waals surface area contributed by atoms with Gasteiger partial charge in [0.1, 0.15) is 0 Å². The Bertz CT molecular complexity index is 363. The molecule has 0 amide bonds. The monoisotopic (exact) mass is 274 g/mol. The van der Waals surface area contributed by atoms with Crippen LogP contribution in [0.5, 0.6) is 0 Å². The quantitative estimate of drug-likeness (QED) is 0.662. The number of benzene rings is 1. The number of ether oxygens (including phenoxy) is 1. The van der Waals surface area contributed by atoms with Crippen molar-refractivity contribution in [3.8, 4) is 0 Å². The minimum atomic E-state index is -0.304. The van der Waals surface area contributed by atoms with Crippen LogP contribution in [0.3, 0.4) is 0 Å². The van der Waals surface area contributed by atoms with Gasteiger partial charge in [0.05, 0.1) is 12.2 Å². The summed E-state index contributed by atoms with van der Waals surface area (Å²) in [5, 5.41) is 0. The zero-order chi connectivity index (χ0) is 10.7. The Kier molecular flexibility index (Phi) is 4.01. The molecule has 0 saturated carbocycles. The topological polar surface area (TPSA) is 26.3 Å². The van der Waals surface area contributed by atoms with Crippen LogP contribution in [0.4, 0.5) is 0 Å². The third-order valence-electron chi connectivity index (χ3n) is 1.82. The van der Waals surface area contributed by atoms with E-state index in [1.54, 1.807) is 13.0 Å². The second-order valence-corrected chi connectivity index (χ2v) is 4.19. The molecule has 1 aromatic rings. The lowest BCUT2D eigenvalue weighted by molar-refractivity contribution is 0.0525. The summed E-state index contributed by atoms with van der Waals surface area (Å²) in [6.07, 6.45) is 0. The van der Waals surface area contributed by atoms with Crippen LogP contribution >= 0.6 is 28.6 Å². The van der Waals surface area contributed by atoms with Gasteiger partial charge in [0.15, 0.2) is 0 Å². The lowest BCUT2D eigenvalue weighted by Crippen LogP contribution is -2.07. The molecule has 0 radical (unpaired) electrons. The number of rotatable bonds is 2. The maximum absolute atomic E-state index is 11.5. The van der Waals surface area contributed by atoms with E-state index in [4.69, 9.17) is 4.74 Å². The Labute approximate surface area is 97.2 Å². The van der Waals surface area contributed by atoms with E-state index >= 15 is 0 Å². The van der Waals surface area contributed by atoms with E-state index in [0.717, 1.165) is 14.9 Å². The Morgan fingerprint density at radius 2 is 2.21 bits per heavy atom. The summed E-state index contributed by atoms with van der Waals surface area (Å²) in [6, 6.07) is 3.56. The van der Waals surface area contributed by atoms with Gasteiger partial charge in [-0.25, -0.2) is 4.79 Å². The Balaban J connectivity index is 3.13. The van der Waals surface area contributed by atoms with Crippen molar-refractivity contribution in [3.63, 3.8) is 0 Å². The van der Waals surface area contributed by atoms with E-state index < -0.39 is 0 Å². The molecular weight excluding hydrogens is 264 g/mol. The molecule has 4 heteroatoms. The van der Waals surface area contributed by atoms with Crippen molar-refractivity contribution in [1.29, 1.82) is 0 Å². The van der Waals surface area contributed by atoms with Crippen molar-refractivity contribution in [3.05, 3.63) is 27.7 Å². The fourth-order valence-corrected chi connectivity index (χ4v) is 1.98. The maximum atomic E-state index is 11.5. The Hall–Kier alpha value is -0.480. The van der Waals surface area contributed by atoms with Crippen molar-refractivity contribution in [2.75, 3.05) is 6.61 Å². The van der Waals surface area contributed by atoms with Crippen LogP contribution in [-0.4, -0.2) is 12.6 Å². The molecule has 0 aromatic heterocycles. The molecule has 1 rings (SSSR count). The van der Waals surface area contributed by atoms with Gasteiger partial charge >= 0.3 is 5.97 Å². The van der Waals surface area contributed by atoms with E-state index in [2.05, 4.69) is 28.6 Å². The summed E-state index contributed by atoms with van der Waals surface area (Å²) in [5.41, 5.74) is 1.44. The fraction of sp³-hybridized carbons (Fsp3) is 0.300. The number of halogens is 1. The van der Waals surface area contributed by atoms with Gasteiger partial charge in [0.25, 0.3) is 0 Å². The van der Waals surface area contributed by atoms with Gasteiger partial charge in [0, 0.05) is 9.37 Å². The molecular formula is C10H11BrO2S. The molecule has 0 spiro atoms. The van der Waals surface area contributed by atoms with Crippen LogP contribution in [0.25, 0.3) is 0 Å². The van der Waals surface area contributed by atoms with Gasteiger partial charge < -0.3 is 4.74 Å². The summed E-state index contributed by atoms with van der Waals surface area (Å²) in [4.78, 5) is 12.2. The Morgan fingerprint density at radius 3 is 2.79 bits per heavy atom. The lowest BCUT2D eigenvalue weighted by Gasteiger charge is -2.07. The molecule has 0 heterocycles. The van der Waals surface area contributed by atoms with E-state index in [-0.39, 0.29) is 5.97 Å². The normalized spacial score (nSPS) is 10.0. The zero-order valence-corrected chi connectivity index (χ0v) is 10.5. The molecule has 0 aliphatic rings. The number of hydrogen-bond donors (Lipinski definition) is 1. The van der Waals surface area contributed by atoms with Gasteiger partial charge in [0.2, 0.25) is 0 Å². The summed E-state index contributed by atoms with van der Waals surface area (Å²) >= 11 is 7.56. The van der Waals surface area contributed by atoms with Crippen LogP contribution in [0.2, 0.25) is 0 Å². The fourth-order valence-electron chi connectivity index (χ4n) is 1.09. The van der Waals surface area contributed by atoms with Crippen molar-refractivity contribution in [2.24, 2.45) is 0 Å². The predicted molar refractivity (Wildman–Crippen MR) is 62.1 cm³/mol. The summed E-state index contributed by atoms with van der Waals surface area (Å²) < 4.78 is 5.79. The number of thiol groups is 1. The van der Waals surface area contributed by atoms with Crippen LogP contribution < -0.4 is 0 Å². The molecule has 0 aliphatic heterocycles. The number of carbonyl (C=O) groups excluding carboxylic acids is 1. The molecule has 0 saturated heterocycles. The lowest BCUT2D eigenvalue weighted by atomic mass is 10.1. The van der Waals surface area contributed by atoms with E-state index in [1.807, 2.05) is 13.0 Å². The summed E-state index contributed by atoms with van der Waals surface area (Å²) in [5.74, 6) is -0.304. The van der Waals surface area contributed by atoms with Crippen molar-refractivity contribution in [2.45, 2.75) is 18.7 Å². The first-order chi connectivity index (χ1) is 6.56. The van der Waals surface area contributed by atoms with Crippen LogP contribution in [0.1, 0.15) is 22.8 Å². The molecule has 0 fully saturated rings. The first-order valence-corrected chi connectivity index (χ1v) is 5.46. The third-order valence-corrected chi connectivity index (χ3v) is 2.91.